The lowest BCUT2D eigenvalue weighted by Gasteiger charge is -2.17. The summed E-state index contributed by atoms with van der Waals surface area (Å²) < 4.78 is 5.38. The van der Waals surface area contributed by atoms with Gasteiger partial charge in [-0.1, -0.05) is 31.9 Å². The molecule has 2 aromatic heterocycles. The van der Waals surface area contributed by atoms with Gasteiger partial charge in [0.15, 0.2) is 0 Å². The standard InChI is InChI=1S/C31H36N4O5/c1-4-22(36)8-6-5-7-9-27(30-32-18-28(35-30)20-10-12-21(13-11-20)31(38)39)34-29(37)17-24-19(2)33-26-15-14-23(40-3)16-25(24)26/h10-16,18,27,33H,4-9,17H2,1-3H3,(H,32,35)(H,34,37)(H,38,39)/t27-/m0/s1. The summed E-state index contributed by atoms with van der Waals surface area (Å²) >= 11 is 0. The number of fused-ring (bicyclic) bond motifs is 1. The van der Waals surface area contributed by atoms with Crippen molar-refractivity contribution in [3.05, 3.63) is 71.3 Å². The molecule has 9 heteroatoms. The van der Waals surface area contributed by atoms with Crippen molar-refractivity contribution in [3.63, 3.8) is 0 Å². The molecule has 210 valence electrons. The number of carbonyl (C=O) groups excluding carboxylic acids is 2. The third-order valence-corrected chi connectivity index (χ3v) is 7.21. The fraction of sp³-hybridized carbons (Fsp3) is 0.355. The maximum absolute atomic E-state index is 13.3. The molecule has 0 unspecified atom stereocenters. The number of Topliss-reactive ketones (excluding diaryl/α,β-unsaturated/α-hetero) is 1. The van der Waals surface area contributed by atoms with Crippen LogP contribution in [-0.2, 0) is 16.0 Å². The number of carboxylic acids is 1. The zero-order chi connectivity index (χ0) is 28.6. The molecule has 0 saturated heterocycles. The first kappa shape index (κ1) is 28.6. The molecule has 0 aliphatic rings. The van der Waals surface area contributed by atoms with Gasteiger partial charge < -0.3 is 25.1 Å². The van der Waals surface area contributed by atoms with Crippen LogP contribution >= 0.6 is 0 Å². The number of ketones is 1. The maximum atomic E-state index is 13.3. The third kappa shape index (κ3) is 6.97. The lowest BCUT2D eigenvalue weighted by atomic mass is 10.0. The number of rotatable bonds is 14. The van der Waals surface area contributed by atoms with Crippen molar-refractivity contribution in [3.8, 4) is 17.0 Å². The number of nitrogens with one attached hydrogen (secondary N) is 3. The van der Waals surface area contributed by atoms with Crippen molar-refractivity contribution in [2.45, 2.75) is 64.8 Å². The van der Waals surface area contributed by atoms with Crippen LogP contribution in [0.3, 0.4) is 0 Å². The minimum atomic E-state index is -0.982. The molecule has 4 N–H and O–H groups in total. The van der Waals surface area contributed by atoms with E-state index in [0.29, 0.717) is 25.1 Å². The number of amides is 1. The van der Waals surface area contributed by atoms with E-state index in [0.717, 1.165) is 58.4 Å². The predicted octanol–water partition coefficient (Wildman–Crippen LogP) is 5.90. The Morgan fingerprint density at radius 1 is 1.05 bits per heavy atom. The van der Waals surface area contributed by atoms with E-state index < -0.39 is 5.97 Å². The maximum Gasteiger partial charge on any atom is 0.335 e. The van der Waals surface area contributed by atoms with Crippen LogP contribution in [-0.4, -0.2) is 44.8 Å². The fourth-order valence-electron chi connectivity index (χ4n) is 4.88. The highest BCUT2D eigenvalue weighted by Crippen LogP contribution is 2.28. The number of hydrogen-bond donors (Lipinski definition) is 4. The van der Waals surface area contributed by atoms with Gasteiger partial charge in [-0.2, -0.15) is 0 Å². The van der Waals surface area contributed by atoms with E-state index in [1.807, 2.05) is 32.0 Å². The summed E-state index contributed by atoms with van der Waals surface area (Å²) in [7, 11) is 1.62. The number of carboxylic acid groups (broad SMARTS) is 1. The molecule has 4 rings (SSSR count). The second kappa shape index (κ2) is 13.1. The van der Waals surface area contributed by atoms with Crippen molar-refractivity contribution >= 4 is 28.6 Å². The van der Waals surface area contributed by atoms with Crippen LogP contribution in [0.4, 0.5) is 0 Å². The zero-order valence-corrected chi connectivity index (χ0v) is 23.2. The zero-order valence-electron chi connectivity index (χ0n) is 23.2. The number of H-pyrrole nitrogens is 2. The van der Waals surface area contributed by atoms with Gasteiger partial charge in [-0.25, -0.2) is 9.78 Å². The number of hydrogen-bond acceptors (Lipinski definition) is 5. The van der Waals surface area contributed by atoms with Crippen LogP contribution < -0.4 is 10.1 Å². The Morgan fingerprint density at radius 2 is 1.82 bits per heavy atom. The number of methoxy groups -OCH3 is 1. The molecule has 0 saturated carbocycles. The summed E-state index contributed by atoms with van der Waals surface area (Å²) in [6.07, 6.45) is 6.22. The van der Waals surface area contributed by atoms with Gasteiger partial charge in [0.2, 0.25) is 5.91 Å². The van der Waals surface area contributed by atoms with Gasteiger partial charge in [-0.05, 0) is 61.2 Å². The molecule has 0 spiro atoms. The molecule has 2 aromatic carbocycles. The Labute approximate surface area is 233 Å². The molecule has 0 bridgehead atoms. The van der Waals surface area contributed by atoms with Crippen LogP contribution in [0.25, 0.3) is 22.2 Å². The van der Waals surface area contributed by atoms with E-state index in [1.165, 1.54) is 0 Å². The van der Waals surface area contributed by atoms with Crippen LogP contribution in [0, 0.1) is 6.92 Å². The van der Waals surface area contributed by atoms with Crippen LogP contribution in [0.1, 0.15) is 78.9 Å². The highest BCUT2D eigenvalue weighted by Gasteiger charge is 2.20. The molecule has 1 atom stereocenters. The van der Waals surface area contributed by atoms with Crippen molar-refractivity contribution in [1.82, 2.24) is 20.3 Å². The number of ether oxygens (including phenoxy) is 1. The van der Waals surface area contributed by atoms with Gasteiger partial charge in [0.25, 0.3) is 0 Å². The summed E-state index contributed by atoms with van der Waals surface area (Å²) in [5.41, 5.74) is 4.54. The van der Waals surface area contributed by atoms with Crippen molar-refractivity contribution in [2.75, 3.05) is 7.11 Å². The van der Waals surface area contributed by atoms with Gasteiger partial charge in [0, 0.05) is 29.4 Å². The topological polar surface area (TPSA) is 137 Å². The van der Waals surface area contributed by atoms with Crippen molar-refractivity contribution in [2.24, 2.45) is 0 Å². The molecule has 40 heavy (non-hydrogen) atoms. The molecule has 0 radical (unpaired) electrons. The van der Waals surface area contributed by atoms with Crippen molar-refractivity contribution in [1.29, 1.82) is 0 Å². The predicted molar refractivity (Wildman–Crippen MR) is 154 cm³/mol. The average molecular weight is 545 g/mol. The van der Waals surface area contributed by atoms with Crippen LogP contribution in [0.5, 0.6) is 5.75 Å². The Morgan fingerprint density at radius 3 is 2.52 bits per heavy atom. The summed E-state index contributed by atoms with van der Waals surface area (Å²) in [5, 5.41) is 13.3. The number of aromatic amines is 2. The molecule has 4 aromatic rings. The average Bonchev–Trinajstić information content (AvgIpc) is 3.56. The Bertz CT molecular complexity index is 1490. The van der Waals surface area contributed by atoms with E-state index in [1.54, 1.807) is 37.6 Å². The number of benzene rings is 2. The normalized spacial score (nSPS) is 11.9. The minimum absolute atomic E-state index is 0.123. The number of unbranched alkanes of at least 4 members (excludes halogenated alkanes) is 2. The number of aromatic carboxylic acids is 1. The number of aryl methyl sites for hydroxylation is 1. The third-order valence-electron chi connectivity index (χ3n) is 7.21. The highest BCUT2D eigenvalue weighted by molar-refractivity contribution is 5.91. The first-order chi connectivity index (χ1) is 19.3. The second-order valence-electron chi connectivity index (χ2n) is 9.99. The van der Waals surface area contributed by atoms with Gasteiger partial charge in [-0.15, -0.1) is 0 Å². The molecule has 9 nitrogen and oxygen atoms in total. The van der Waals surface area contributed by atoms with E-state index in [9.17, 15) is 19.5 Å². The van der Waals surface area contributed by atoms with Crippen LogP contribution in [0.2, 0.25) is 0 Å². The summed E-state index contributed by atoms with van der Waals surface area (Å²) in [6, 6.07) is 12.0. The lowest BCUT2D eigenvalue weighted by molar-refractivity contribution is -0.121. The monoisotopic (exact) mass is 544 g/mol. The SMILES string of the molecule is CCC(=O)CCCCC[C@H](NC(=O)Cc1c(C)[nH]c2ccc(OC)cc12)c1ncc(-c2ccc(C(=O)O)cc2)[nH]1. The Kier molecular flexibility index (Phi) is 9.37. The summed E-state index contributed by atoms with van der Waals surface area (Å²) in [4.78, 5) is 47.4. The Balaban J connectivity index is 1.50. The van der Waals surface area contributed by atoms with Gasteiger partial charge in [-0.3, -0.25) is 9.59 Å². The van der Waals surface area contributed by atoms with Gasteiger partial charge in [0.05, 0.1) is 37.0 Å². The molecule has 2 heterocycles. The summed E-state index contributed by atoms with van der Waals surface area (Å²) in [5.74, 6) is 0.519. The molecular formula is C31H36N4O5. The number of aromatic nitrogens is 3. The first-order valence-corrected chi connectivity index (χ1v) is 13.6. The highest BCUT2D eigenvalue weighted by atomic mass is 16.5. The number of carbonyl (C=O) groups is 3. The van der Waals surface area contributed by atoms with E-state index in [-0.39, 0.29) is 29.7 Å². The molecule has 1 amide bonds. The van der Waals surface area contributed by atoms with Crippen LogP contribution in [0.15, 0.2) is 48.7 Å². The molecular weight excluding hydrogens is 508 g/mol. The van der Waals surface area contributed by atoms with E-state index in [4.69, 9.17) is 4.74 Å². The summed E-state index contributed by atoms with van der Waals surface area (Å²) in [6.45, 7) is 3.84. The quantitative estimate of drug-likeness (QED) is 0.146. The number of nitrogens with zero attached hydrogens (tertiary/aromatic N) is 1. The first-order valence-electron chi connectivity index (χ1n) is 13.6. The Hall–Kier alpha value is -4.40. The lowest BCUT2D eigenvalue weighted by Crippen LogP contribution is -2.30. The van der Waals surface area contributed by atoms with E-state index in [2.05, 4.69) is 20.3 Å². The van der Waals surface area contributed by atoms with Crippen molar-refractivity contribution < 1.29 is 24.2 Å². The second-order valence-corrected chi connectivity index (χ2v) is 9.99. The molecule has 0 fully saturated rings. The number of imidazole rings is 1. The van der Waals surface area contributed by atoms with E-state index >= 15 is 0 Å². The smallest absolute Gasteiger partial charge is 0.335 e. The minimum Gasteiger partial charge on any atom is -0.497 e. The molecule has 0 aliphatic heterocycles. The van der Waals surface area contributed by atoms with Gasteiger partial charge in [0.1, 0.15) is 17.4 Å². The molecule has 0 aliphatic carbocycles. The van der Waals surface area contributed by atoms with Gasteiger partial charge >= 0.3 is 5.97 Å². The fourth-order valence-corrected chi connectivity index (χ4v) is 4.88. The largest absolute Gasteiger partial charge is 0.497 e.